The highest BCUT2D eigenvalue weighted by molar-refractivity contribution is 4.54. The molecule has 0 aromatic heterocycles. The number of aliphatic hydroxyl groups excluding tert-OH is 2. The predicted molar refractivity (Wildman–Crippen MR) is 45.5 cm³/mol. The second-order valence-corrected chi connectivity index (χ2v) is 2.59. The monoisotopic (exact) mass is 161 g/mol. The maximum atomic E-state index is 8.56. The van der Waals surface area contributed by atoms with E-state index in [2.05, 4.69) is 11.8 Å². The summed E-state index contributed by atoms with van der Waals surface area (Å²) in [6.07, 6.45) is 1.67. The molecule has 0 rings (SSSR count). The van der Waals surface area contributed by atoms with E-state index in [1.54, 1.807) is 0 Å². The quantitative estimate of drug-likeness (QED) is 0.555. The molecule has 0 heterocycles. The van der Waals surface area contributed by atoms with Gasteiger partial charge in [-0.25, -0.2) is 0 Å². The highest BCUT2D eigenvalue weighted by Gasteiger charge is 1.99. The van der Waals surface area contributed by atoms with Crippen LogP contribution in [0, 0.1) is 0 Å². The lowest BCUT2D eigenvalue weighted by atomic mass is 10.3. The van der Waals surface area contributed by atoms with Crippen LogP contribution in [0.25, 0.3) is 0 Å². The normalized spacial score (nSPS) is 10.9. The van der Waals surface area contributed by atoms with Gasteiger partial charge < -0.3 is 15.1 Å². The molecule has 0 saturated heterocycles. The minimum absolute atomic E-state index is 0.260. The van der Waals surface area contributed by atoms with Crippen molar-refractivity contribution >= 4 is 0 Å². The van der Waals surface area contributed by atoms with E-state index in [1.807, 2.05) is 0 Å². The van der Waals surface area contributed by atoms with Crippen molar-refractivity contribution < 1.29 is 10.2 Å². The molecule has 68 valence electrons. The molecule has 0 aliphatic carbocycles. The molecule has 0 aromatic rings. The van der Waals surface area contributed by atoms with Crippen molar-refractivity contribution in [3.05, 3.63) is 0 Å². The van der Waals surface area contributed by atoms with Crippen LogP contribution in [0.15, 0.2) is 0 Å². The van der Waals surface area contributed by atoms with Crippen molar-refractivity contribution in [3.63, 3.8) is 0 Å². The topological polar surface area (TPSA) is 43.7 Å². The van der Waals surface area contributed by atoms with Crippen LogP contribution in [0.3, 0.4) is 0 Å². The fourth-order valence-electron chi connectivity index (χ4n) is 1.02. The molecule has 0 unspecified atom stereocenters. The molecule has 0 aliphatic rings. The van der Waals surface area contributed by atoms with E-state index < -0.39 is 0 Å². The van der Waals surface area contributed by atoms with Gasteiger partial charge in [0, 0.05) is 26.3 Å². The first-order chi connectivity index (χ1) is 5.35. The first-order valence-corrected chi connectivity index (χ1v) is 4.29. The van der Waals surface area contributed by atoms with Crippen LogP contribution in [-0.4, -0.2) is 48.0 Å². The SMILES string of the molecule is CCN(CCCO)CCCO. The predicted octanol–water partition coefficient (Wildman–Crippen LogP) is 0.0731. The minimum Gasteiger partial charge on any atom is -0.396 e. The molecule has 0 amide bonds. The Morgan fingerprint density at radius 3 is 1.73 bits per heavy atom. The van der Waals surface area contributed by atoms with Gasteiger partial charge in [0.05, 0.1) is 0 Å². The zero-order valence-electron chi connectivity index (χ0n) is 7.29. The Kier molecular flexibility index (Phi) is 7.89. The summed E-state index contributed by atoms with van der Waals surface area (Å²) >= 11 is 0. The van der Waals surface area contributed by atoms with Crippen molar-refractivity contribution in [1.82, 2.24) is 4.90 Å². The first-order valence-electron chi connectivity index (χ1n) is 4.29. The Hall–Kier alpha value is -0.120. The van der Waals surface area contributed by atoms with Crippen LogP contribution in [0.2, 0.25) is 0 Å². The van der Waals surface area contributed by atoms with Gasteiger partial charge in [-0.1, -0.05) is 6.92 Å². The average Bonchev–Trinajstić information content (AvgIpc) is 2.05. The fourth-order valence-corrected chi connectivity index (χ4v) is 1.02. The maximum Gasteiger partial charge on any atom is 0.0443 e. The molecule has 0 spiro atoms. The summed E-state index contributed by atoms with van der Waals surface area (Å²) < 4.78 is 0. The molecule has 0 fully saturated rings. The van der Waals surface area contributed by atoms with E-state index >= 15 is 0 Å². The Bertz CT molecular complexity index is 70.5. The van der Waals surface area contributed by atoms with Crippen LogP contribution >= 0.6 is 0 Å². The van der Waals surface area contributed by atoms with E-state index in [4.69, 9.17) is 10.2 Å². The summed E-state index contributed by atoms with van der Waals surface area (Å²) in [6, 6.07) is 0. The number of hydrogen-bond acceptors (Lipinski definition) is 3. The number of rotatable bonds is 7. The molecule has 3 nitrogen and oxygen atoms in total. The first kappa shape index (κ1) is 10.9. The molecular weight excluding hydrogens is 142 g/mol. The highest BCUT2D eigenvalue weighted by Crippen LogP contribution is 1.92. The molecule has 0 aliphatic heterocycles. The largest absolute Gasteiger partial charge is 0.396 e. The second-order valence-electron chi connectivity index (χ2n) is 2.59. The van der Waals surface area contributed by atoms with Crippen LogP contribution < -0.4 is 0 Å². The fraction of sp³-hybridized carbons (Fsp3) is 1.00. The summed E-state index contributed by atoms with van der Waals surface area (Å²) in [6.45, 7) is 5.49. The van der Waals surface area contributed by atoms with Crippen LogP contribution in [-0.2, 0) is 0 Å². The Morgan fingerprint density at radius 2 is 1.45 bits per heavy atom. The molecule has 3 heteroatoms. The van der Waals surface area contributed by atoms with Crippen LogP contribution in [0.4, 0.5) is 0 Å². The van der Waals surface area contributed by atoms with Gasteiger partial charge in [0.1, 0.15) is 0 Å². The van der Waals surface area contributed by atoms with Crippen molar-refractivity contribution in [2.75, 3.05) is 32.8 Å². The van der Waals surface area contributed by atoms with E-state index in [9.17, 15) is 0 Å². The minimum atomic E-state index is 0.260. The smallest absolute Gasteiger partial charge is 0.0443 e. The van der Waals surface area contributed by atoms with Crippen molar-refractivity contribution in [3.8, 4) is 0 Å². The lowest BCUT2D eigenvalue weighted by Gasteiger charge is -2.18. The van der Waals surface area contributed by atoms with Crippen molar-refractivity contribution in [2.24, 2.45) is 0 Å². The van der Waals surface area contributed by atoms with Gasteiger partial charge in [-0.2, -0.15) is 0 Å². The lowest BCUT2D eigenvalue weighted by molar-refractivity contribution is 0.207. The number of hydrogen-bond donors (Lipinski definition) is 2. The summed E-state index contributed by atoms with van der Waals surface area (Å²) in [5, 5.41) is 17.1. The summed E-state index contributed by atoms with van der Waals surface area (Å²) in [5.74, 6) is 0. The average molecular weight is 161 g/mol. The molecule has 0 atom stereocenters. The molecular formula is C8H19NO2. The van der Waals surface area contributed by atoms with Crippen molar-refractivity contribution in [2.45, 2.75) is 19.8 Å². The van der Waals surface area contributed by atoms with Gasteiger partial charge in [-0.3, -0.25) is 0 Å². The van der Waals surface area contributed by atoms with Gasteiger partial charge in [0.25, 0.3) is 0 Å². The molecule has 11 heavy (non-hydrogen) atoms. The second kappa shape index (κ2) is 7.98. The van der Waals surface area contributed by atoms with E-state index in [-0.39, 0.29) is 13.2 Å². The summed E-state index contributed by atoms with van der Waals surface area (Å²) in [4.78, 5) is 2.23. The van der Waals surface area contributed by atoms with E-state index in [0.29, 0.717) is 0 Å². The summed E-state index contributed by atoms with van der Waals surface area (Å²) in [5.41, 5.74) is 0. The van der Waals surface area contributed by atoms with E-state index in [0.717, 1.165) is 32.5 Å². The molecule has 0 radical (unpaired) electrons. The van der Waals surface area contributed by atoms with Gasteiger partial charge >= 0.3 is 0 Å². The third kappa shape index (κ3) is 6.28. The molecule has 2 N–H and O–H groups in total. The Morgan fingerprint density at radius 1 is 1.00 bits per heavy atom. The van der Waals surface area contributed by atoms with Crippen molar-refractivity contribution in [1.29, 1.82) is 0 Å². The third-order valence-corrected chi connectivity index (χ3v) is 1.71. The molecule has 0 aromatic carbocycles. The van der Waals surface area contributed by atoms with Gasteiger partial charge in [-0.15, -0.1) is 0 Å². The molecule has 0 saturated carbocycles. The van der Waals surface area contributed by atoms with Crippen LogP contribution in [0.1, 0.15) is 19.8 Å². The number of aliphatic hydroxyl groups is 2. The highest BCUT2D eigenvalue weighted by atomic mass is 16.3. The maximum absolute atomic E-state index is 8.56. The van der Waals surface area contributed by atoms with Gasteiger partial charge in [0.2, 0.25) is 0 Å². The standard InChI is InChI=1S/C8H19NO2/c1-2-9(5-3-7-10)6-4-8-11/h10-11H,2-8H2,1H3. The number of nitrogens with zero attached hydrogens (tertiary/aromatic N) is 1. The summed E-state index contributed by atoms with van der Waals surface area (Å²) in [7, 11) is 0. The third-order valence-electron chi connectivity index (χ3n) is 1.71. The lowest BCUT2D eigenvalue weighted by Crippen LogP contribution is -2.26. The van der Waals surface area contributed by atoms with Crippen LogP contribution in [0.5, 0.6) is 0 Å². The molecule has 0 bridgehead atoms. The van der Waals surface area contributed by atoms with E-state index in [1.165, 1.54) is 0 Å². The van der Waals surface area contributed by atoms with Gasteiger partial charge in [0.15, 0.2) is 0 Å². The van der Waals surface area contributed by atoms with Gasteiger partial charge in [-0.05, 0) is 19.4 Å². The Labute approximate surface area is 68.6 Å². The zero-order valence-corrected chi connectivity index (χ0v) is 7.29. The Balaban J connectivity index is 3.25. The zero-order chi connectivity index (χ0) is 8.53.